The maximum atomic E-state index is 12.9. The molecule has 4 N–H and O–H groups in total. The number of unbranched alkanes of at least 4 members (excludes halogenated alkanes) is 14. The maximum absolute atomic E-state index is 12.9. The van der Waals surface area contributed by atoms with Gasteiger partial charge < -0.3 is 34.3 Å². The number of hydrogen-bond acceptors (Lipinski definition) is 11. The summed E-state index contributed by atoms with van der Waals surface area (Å²) in [5.74, 6) is -0.416. The van der Waals surface area contributed by atoms with Crippen LogP contribution < -0.4 is 0 Å². The highest BCUT2D eigenvalue weighted by Gasteiger charge is 2.48. The minimum Gasteiger partial charge on any atom is -0.457 e. The first-order chi connectivity index (χ1) is 31.1. The molecule has 13 heteroatoms. The Kier molecular flexibility index (Phi) is 38.6. The Balaban J connectivity index is 2.40. The molecular formula is C51H86O12S. The maximum Gasteiger partial charge on any atom is 0.397 e. The van der Waals surface area contributed by atoms with Gasteiger partial charge in [0.2, 0.25) is 0 Å². The van der Waals surface area contributed by atoms with E-state index in [0.29, 0.717) is 13.0 Å². The highest BCUT2D eigenvalue weighted by Crippen LogP contribution is 2.26. The van der Waals surface area contributed by atoms with Gasteiger partial charge in [-0.05, 0) is 83.5 Å². The van der Waals surface area contributed by atoms with Crippen molar-refractivity contribution in [3.63, 3.8) is 0 Å². The van der Waals surface area contributed by atoms with E-state index in [2.05, 4.69) is 103 Å². The van der Waals surface area contributed by atoms with Gasteiger partial charge >= 0.3 is 16.4 Å². The Hall–Kier alpha value is -2.72. The molecule has 1 fully saturated rings. The fourth-order valence-corrected chi connectivity index (χ4v) is 7.42. The smallest absolute Gasteiger partial charge is 0.397 e. The van der Waals surface area contributed by atoms with Crippen molar-refractivity contribution in [1.82, 2.24) is 0 Å². The van der Waals surface area contributed by atoms with E-state index in [4.69, 9.17) is 18.9 Å². The number of hydrogen-bond donors (Lipinski definition) is 4. The summed E-state index contributed by atoms with van der Waals surface area (Å²) in [6.45, 7) is 3.71. The van der Waals surface area contributed by atoms with Crippen LogP contribution in [0.2, 0.25) is 0 Å². The fourth-order valence-electron chi connectivity index (χ4n) is 6.91. The van der Waals surface area contributed by atoms with Crippen LogP contribution in [0.15, 0.2) is 85.1 Å². The third-order valence-electron chi connectivity index (χ3n) is 10.5. The molecule has 1 saturated heterocycles. The van der Waals surface area contributed by atoms with E-state index in [1.54, 1.807) is 0 Å². The summed E-state index contributed by atoms with van der Waals surface area (Å²) >= 11 is 0. The van der Waals surface area contributed by atoms with Crippen molar-refractivity contribution in [1.29, 1.82) is 0 Å². The molecule has 0 aromatic rings. The Morgan fingerprint density at radius 2 is 1.03 bits per heavy atom. The predicted molar refractivity (Wildman–Crippen MR) is 257 cm³/mol. The van der Waals surface area contributed by atoms with Gasteiger partial charge in [0.25, 0.3) is 0 Å². The van der Waals surface area contributed by atoms with Crippen molar-refractivity contribution in [2.45, 2.75) is 205 Å². The van der Waals surface area contributed by atoms with Gasteiger partial charge in [-0.2, -0.15) is 8.42 Å². The van der Waals surface area contributed by atoms with Gasteiger partial charge in [0.05, 0.1) is 19.8 Å². The zero-order valence-electron chi connectivity index (χ0n) is 39.3. The van der Waals surface area contributed by atoms with Gasteiger partial charge in [-0.25, -0.2) is 4.18 Å². The van der Waals surface area contributed by atoms with E-state index in [-0.39, 0.29) is 19.6 Å². The van der Waals surface area contributed by atoms with E-state index in [1.165, 1.54) is 32.1 Å². The van der Waals surface area contributed by atoms with E-state index >= 15 is 0 Å². The largest absolute Gasteiger partial charge is 0.457 e. The predicted octanol–water partition coefficient (Wildman–Crippen LogP) is 10.9. The molecule has 0 aliphatic carbocycles. The van der Waals surface area contributed by atoms with Crippen molar-refractivity contribution < 1.29 is 56.2 Å². The molecule has 6 unspecified atom stereocenters. The molecule has 0 aromatic heterocycles. The standard InChI is InChI=1S/C51H86O12S/c1-3-5-7-9-11-13-15-17-19-21-22-23-24-25-26-28-30-32-34-36-38-40-47(53)61-45(44-60-51-49(55)50(63-64(56,57)58)48(54)46(42-52)62-51)43-59-41-39-37-35-33-31-29-27-20-18-16-14-12-10-8-6-4-2/h5-8,11-14,17-20,22-23,45-46,48-52,54-55H,3-4,9-10,15-16,21,24-44H2,1-2H3,(H,56,57,58)/b7-5-,8-6-,13-11-,14-12-,19-17-,20-18-,23-22-. The lowest BCUT2D eigenvalue weighted by molar-refractivity contribution is -0.301. The second-order valence-electron chi connectivity index (χ2n) is 16.3. The second-order valence-corrected chi connectivity index (χ2v) is 17.3. The first-order valence-corrected chi connectivity index (χ1v) is 25.7. The third kappa shape index (κ3) is 34.6. The second kappa shape index (κ2) is 41.7. The summed E-state index contributed by atoms with van der Waals surface area (Å²) in [6.07, 6.45) is 46.1. The zero-order valence-corrected chi connectivity index (χ0v) is 40.1. The van der Waals surface area contributed by atoms with Crippen molar-refractivity contribution in [2.75, 3.05) is 26.4 Å². The molecule has 6 atom stereocenters. The van der Waals surface area contributed by atoms with Gasteiger partial charge in [-0.3, -0.25) is 9.35 Å². The average Bonchev–Trinajstić information content (AvgIpc) is 3.27. The number of aliphatic hydroxyl groups excluding tert-OH is 3. The lowest BCUT2D eigenvalue weighted by atomic mass is 9.99. The molecule has 0 aromatic carbocycles. The fraction of sp³-hybridized carbons (Fsp3) is 0.706. The molecule has 0 spiro atoms. The van der Waals surface area contributed by atoms with Crippen LogP contribution in [0, 0.1) is 0 Å². The number of rotatable bonds is 41. The van der Waals surface area contributed by atoms with E-state index < -0.39 is 59.8 Å². The van der Waals surface area contributed by atoms with Crippen LogP contribution in [0.5, 0.6) is 0 Å². The summed E-state index contributed by atoms with van der Waals surface area (Å²) in [4.78, 5) is 12.9. The number of esters is 1. The zero-order chi connectivity index (χ0) is 46.8. The van der Waals surface area contributed by atoms with Gasteiger partial charge in [-0.1, -0.05) is 163 Å². The third-order valence-corrected chi connectivity index (χ3v) is 11.0. The molecule has 64 heavy (non-hydrogen) atoms. The molecule has 1 heterocycles. The Bertz CT molecular complexity index is 1440. The summed E-state index contributed by atoms with van der Waals surface area (Å²) in [6, 6.07) is 0. The topological polar surface area (TPSA) is 178 Å². The lowest BCUT2D eigenvalue weighted by Gasteiger charge is -2.41. The lowest BCUT2D eigenvalue weighted by Crippen LogP contribution is -2.60. The first kappa shape index (κ1) is 59.3. The van der Waals surface area contributed by atoms with E-state index in [0.717, 1.165) is 109 Å². The molecule has 12 nitrogen and oxygen atoms in total. The van der Waals surface area contributed by atoms with E-state index in [1.807, 2.05) is 0 Å². The number of ether oxygens (including phenoxy) is 4. The summed E-state index contributed by atoms with van der Waals surface area (Å²) in [5, 5.41) is 30.7. The molecular weight excluding hydrogens is 837 g/mol. The Morgan fingerprint density at radius 1 is 0.594 bits per heavy atom. The van der Waals surface area contributed by atoms with E-state index in [9.17, 15) is 33.1 Å². The van der Waals surface area contributed by atoms with Gasteiger partial charge in [0.1, 0.15) is 30.5 Å². The van der Waals surface area contributed by atoms with Crippen LogP contribution >= 0.6 is 0 Å². The van der Waals surface area contributed by atoms with Crippen molar-refractivity contribution in [3.8, 4) is 0 Å². The number of carbonyl (C=O) groups excluding carboxylic acids is 1. The van der Waals surface area contributed by atoms with Crippen LogP contribution in [0.4, 0.5) is 0 Å². The summed E-state index contributed by atoms with van der Waals surface area (Å²) in [5.41, 5.74) is 0. The van der Waals surface area contributed by atoms with Crippen LogP contribution in [-0.2, 0) is 38.3 Å². The van der Waals surface area contributed by atoms with Crippen LogP contribution in [-0.4, -0.2) is 97.5 Å². The van der Waals surface area contributed by atoms with Crippen molar-refractivity contribution in [3.05, 3.63) is 85.1 Å². The molecule has 0 radical (unpaired) electrons. The van der Waals surface area contributed by atoms with Crippen LogP contribution in [0.25, 0.3) is 0 Å². The molecule has 1 aliphatic rings. The van der Waals surface area contributed by atoms with Crippen molar-refractivity contribution in [2.24, 2.45) is 0 Å². The highest BCUT2D eigenvalue weighted by atomic mass is 32.3. The molecule has 0 saturated carbocycles. The SMILES string of the molecule is CC/C=C\C/C=C\C/C=C\C/C=C\CCCCCCCCCCC(=O)OC(COCCCCCCCC/C=C\C/C=C\C/C=C\CC)COC1OC(CO)C(O)C(OS(=O)(=O)O)C1O. The minimum absolute atomic E-state index is 0.0187. The minimum atomic E-state index is -5.07. The quantitative estimate of drug-likeness (QED) is 0.0198. The highest BCUT2D eigenvalue weighted by molar-refractivity contribution is 7.80. The summed E-state index contributed by atoms with van der Waals surface area (Å²) in [7, 11) is -5.07. The first-order valence-electron chi connectivity index (χ1n) is 24.3. The van der Waals surface area contributed by atoms with Crippen LogP contribution in [0.1, 0.15) is 168 Å². The van der Waals surface area contributed by atoms with Gasteiger partial charge in [-0.15, -0.1) is 0 Å². The molecule has 368 valence electrons. The van der Waals surface area contributed by atoms with Gasteiger partial charge in [0.15, 0.2) is 6.29 Å². The van der Waals surface area contributed by atoms with Crippen LogP contribution in [0.3, 0.4) is 0 Å². The number of carbonyl (C=O) groups is 1. The monoisotopic (exact) mass is 923 g/mol. The number of allylic oxidation sites excluding steroid dienone is 14. The number of aliphatic hydroxyl groups is 3. The molecule has 0 amide bonds. The summed E-state index contributed by atoms with van der Waals surface area (Å²) < 4.78 is 59.2. The van der Waals surface area contributed by atoms with Crippen molar-refractivity contribution >= 4 is 16.4 Å². The Labute approximate surface area is 387 Å². The Morgan fingerprint density at radius 3 is 1.50 bits per heavy atom. The average molecular weight is 923 g/mol. The van der Waals surface area contributed by atoms with Gasteiger partial charge in [0, 0.05) is 13.0 Å². The molecule has 0 bridgehead atoms. The molecule has 1 aliphatic heterocycles. The molecule has 1 rings (SSSR count). The normalized spacial score (nSPS) is 20.5.